The maximum atomic E-state index is 12.8. The zero-order valence-electron chi connectivity index (χ0n) is 15.6. The Morgan fingerprint density at radius 2 is 2.08 bits per heavy atom. The predicted molar refractivity (Wildman–Crippen MR) is 108 cm³/mol. The van der Waals surface area contributed by atoms with E-state index in [4.69, 9.17) is 26.4 Å². The van der Waals surface area contributed by atoms with Crippen LogP contribution in [0.4, 0.5) is 0 Å². The van der Waals surface area contributed by atoms with Crippen LogP contribution < -0.4 is 0 Å². The molecule has 0 spiro atoms. The molecule has 0 aromatic heterocycles. The third kappa shape index (κ3) is 6.32. The first-order valence-electron chi connectivity index (χ1n) is 8.74. The maximum absolute atomic E-state index is 12.8. The molecule has 1 aromatic carbocycles. The fraction of sp³-hybridized carbons (Fsp3) is 0.579. The van der Waals surface area contributed by atoms with Crippen LogP contribution in [0.2, 0.25) is 0 Å². The van der Waals surface area contributed by atoms with Crippen LogP contribution in [0.15, 0.2) is 30.3 Å². The highest BCUT2D eigenvalue weighted by molar-refractivity contribution is 8.23. The molecular weight excluding hydrogens is 370 g/mol. The minimum absolute atomic E-state index is 0.0110. The molecular formula is C19H27NO4S2. The first-order valence-corrected chi connectivity index (χ1v) is 10.1. The first-order chi connectivity index (χ1) is 12.5. The van der Waals surface area contributed by atoms with Crippen molar-refractivity contribution >= 4 is 34.2 Å². The molecule has 1 saturated heterocycles. The summed E-state index contributed by atoms with van der Waals surface area (Å²) < 4.78 is 17.0. The molecule has 1 aromatic rings. The molecule has 1 amide bonds. The van der Waals surface area contributed by atoms with E-state index in [1.165, 1.54) is 0 Å². The van der Waals surface area contributed by atoms with Crippen LogP contribution in [0.5, 0.6) is 0 Å². The summed E-state index contributed by atoms with van der Waals surface area (Å²) in [4.78, 5) is 14.6. The predicted octanol–water partition coefficient (Wildman–Crippen LogP) is 3.47. The van der Waals surface area contributed by atoms with Gasteiger partial charge < -0.3 is 14.2 Å². The van der Waals surface area contributed by atoms with Crippen LogP contribution in [-0.2, 0) is 25.6 Å². The van der Waals surface area contributed by atoms with Gasteiger partial charge >= 0.3 is 0 Å². The van der Waals surface area contributed by atoms with Gasteiger partial charge in [0.15, 0.2) is 0 Å². The highest BCUT2D eigenvalue weighted by Gasteiger charge is 2.36. The molecule has 26 heavy (non-hydrogen) atoms. The van der Waals surface area contributed by atoms with Crippen molar-refractivity contribution in [1.29, 1.82) is 0 Å². The molecule has 1 aliphatic rings. The number of rotatable bonds is 10. The number of methoxy groups -OCH3 is 1. The topological polar surface area (TPSA) is 48.0 Å². The molecule has 0 radical (unpaired) electrons. The summed E-state index contributed by atoms with van der Waals surface area (Å²) in [6, 6.07) is 10.1. The molecule has 0 bridgehead atoms. The van der Waals surface area contributed by atoms with Crippen molar-refractivity contribution in [3.8, 4) is 0 Å². The Bertz CT molecular complexity index is 582. The average Bonchev–Trinajstić information content (AvgIpc) is 3.02. The summed E-state index contributed by atoms with van der Waals surface area (Å²) in [5.41, 5.74) is 1.08. The summed E-state index contributed by atoms with van der Waals surface area (Å²) in [7, 11) is 1.56. The second-order valence-electron chi connectivity index (χ2n) is 6.55. The largest absolute Gasteiger partial charge is 0.374 e. The van der Waals surface area contributed by atoms with E-state index in [-0.39, 0.29) is 31.3 Å². The number of thiocarbonyl (C=S) groups is 1. The number of benzene rings is 1. The Morgan fingerprint density at radius 3 is 2.73 bits per heavy atom. The Hall–Kier alpha value is -0.990. The number of nitrogens with zero attached hydrogens (tertiary/aromatic N) is 1. The lowest BCUT2D eigenvalue weighted by Gasteiger charge is -2.28. The lowest BCUT2D eigenvalue weighted by Crippen LogP contribution is -2.43. The van der Waals surface area contributed by atoms with E-state index in [1.807, 2.05) is 30.3 Å². The quantitative estimate of drug-likeness (QED) is 0.445. The molecule has 1 aliphatic heterocycles. The van der Waals surface area contributed by atoms with Crippen molar-refractivity contribution < 1.29 is 19.0 Å². The standard InChI is InChI=1S/C19H27NO4S2/c1-14(2)17-12-26-19(25)20(17)18(21)9-16(24-13-22-3)11-23-10-15-7-5-4-6-8-15/h4-8,14,16-17H,9-13H2,1-3H3/t16-,17-/m1/s1. The van der Waals surface area contributed by atoms with Gasteiger partial charge in [-0.25, -0.2) is 0 Å². The highest BCUT2D eigenvalue weighted by atomic mass is 32.2. The minimum atomic E-state index is -0.368. The lowest BCUT2D eigenvalue weighted by molar-refractivity contribution is -0.139. The van der Waals surface area contributed by atoms with Crippen LogP contribution in [0.1, 0.15) is 25.8 Å². The van der Waals surface area contributed by atoms with Gasteiger partial charge in [0.05, 0.1) is 25.7 Å². The third-order valence-corrected chi connectivity index (χ3v) is 5.69. The number of amides is 1. The van der Waals surface area contributed by atoms with Gasteiger partial charge in [0.1, 0.15) is 11.1 Å². The second-order valence-corrected chi connectivity index (χ2v) is 8.21. The van der Waals surface area contributed by atoms with Crippen molar-refractivity contribution in [3.63, 3.8) is 0 Å². The Labute approximate surface area is 165 Å². The van der Waals surface area contributed by atoms with E-state index in [9.17, 15) is 4.79 Å². The van der Waals surface area contributed by atoms with Crippen LogP contribution in [0.3, 0.4) is 0 Å². The number of hydrogen-bond donors (Lipinski definition) is 0. The second kappa shape index (κ2) is 11.0. The first kappa shape index (κ1) is 21.3. The van der Waals surface area contributed by atoms with Crippen LogP contribution in [0.25, 0.3) is 0 Å². The molecule has 0 unspecified atom stereocenters. The summed E-state index contributed by atoms with van der Waals surface area (Å²) in [5.74, 6) is 1.21. The van der Waals surface area contributed by atoms with Gasteiger partial charge in [0.2, 0.25) is 5.91 Å². The Kier molecular flexibility index (Phi) is 9.01. The molecule has 2 atom stereocenters. The third-order valence-electron chi connectivity index (χ3n) is 4.18. The molecule has 5 nitrogen and oxygen atoms in total. The Morgan fingerprint density at radius 1 is 1.35 bits per heavy atom. The number of carbonyl (C=O) groups excluding carboxylic acids is 1. The van der Waals surface area contributed by atoms with Gasteiger partial charge in [-0.2, -0.15) is 0 Å². The van der Waals surface area contributed by atoms with E-state index < -0.39 is 0 Å². The zero-order chi connectivity index (χ0) is 18.9. The van der Waals surface area contributed by atoms with Crippen molar-refractivity contribution in [1.82, 2.24) is 4.90 Å². The smallest absolute Gasteiger partial charge is 0.231 e. The molecule has 1 fully saturated rings. The van der Waals surface area contributed by atoms with Gasteiger partial charge in [0, 0.05) is 18.9 Å². The van der Waals surface area contributed by atoms with E-state index in [0.717, 1.165) is 11.3 Å². The maximum Gasteiger partial charge on any atom is 0.231 e. The van der Waals surface area contributed by atoms with Crippen molar-refractivity contribution in [2.45, 2.75) is 39.0 Å². The molecule has 0 saturated carbocycles. The summed E-state index contributed by atoms with van der Waals surface area (Å²) >= 11 is 6.95. The van der Waals surface area contributed by atoms with E-state index >= 15 is 0 Å². The summed E-state index contributed by atoms with van der Waals surface area (Å²) in [6.45, 7) is 5.15. The normalized spacial score (nSPS) is 18.5. The molecule has 0 aliphatic carbocycles. The molecule has 1 heterocycles. The molecule has 0 N–H and O–H groups in total. The average molecular weight is 398 g/mol. The number of ether oxygens (including phenoxy) is 3. The van der Waals surface area contributed by atoms with Gasteiger partial charge in [0.25, 0.3) is 0 Å². The van der Waals surface area contributed by atoms with Crippen molar-refractivity contribution in [2.75, 3.05) is 26.3 Å². The van der Waals surface area contributed by atoms with Crippen molar-refractivity contribution in [3.05, 3.63) is 35.9 Å². The summed E-state index contributed by atoms with van der Waals surface area (Å²) in [6.07, 6.45) is -0.144. The SMILES string of the molecule is COCO[C@@H](COCc1ccccc1)CC(=O)N1C(=S)SC[C@@H]1C(C)C. The van der Waals surface area contributed by atoms with Gasteiger partial charge in [-0.1, -0.05) is 68.2 Å². The minimum Gasteiger partial charge on any atom is -0.374 e. The fourth-order valence-electron chi connectivity index (χ4n) is 2.72. The lowest BCUT2D eigenvalue weighted by atomic mass is 10.0. The van der Waals surface area contributed by atoms with Crippen LogP contribution in [-0.4, -0.2) is 53.5 Å². The molecule has 7 heteroatoms. The number of hydrogen-bond acceptors (Lipinski definition) is 6. The Balaban J connectivity index is 1.91. The van der Waals surface area contributed by atoms with Crippen molar-refractivity contribution in [2.24, 2.45) is 5.92 Å². The highest BCUT2D eigenvalue weighted by Crippen LogP contribution is 2.29. The fourth-order valence-corrected chi connectivity index (χ4v) is 4.38. The van der Waals surface area contributed by atoms with Gasteiger partial charge in [-0.05, 0) is 11.5 Å². The van der Waals surface area contributed by atoms with Gasteiger partial charge in [-0.15, -0.1) is 0 Å². The zero-order valence-corrected chi connectivity index (χ0v) is 17.2. The molecule has 2 rings (SSSR count). The number of carbonyl (C=O) groups is 1. The van der Waals surface area contributed by atoms with Crippen LogP contribution in [0, 0.1) is 5.92 Å². The van der Waals surface area contributed by atoms with E-state index in [1.54, 1.807) is 23.8 Å². The van der Waals surface area contributed by atoms with Gasteiger partial charge in [-0.3, -0.25) is 9.69 Å². The molecule has 144 valence electrons. The van der Waals surface area contributed by atoms with E-state index in [2.05, 4.69) is 13.8 Å². The summed E-state index contributed by atoms with van der Waals surface area (Å²) in [5, 5.41) is 0. The number of thioether (sulfide) groups is 1. The monoisotopic (exact) mass is 397 g/mol. The van der Waals surface area contributed by atoms with Crippen LogP contribution >= 0.6 is 24.0 Å². The van der Waals surface area contributed by atoms with E-state index in [0.29, 0.717) is 23.5 Å².